The van der Waals surface area contributed by atoms with Crippen LogP contribution in [-0.4, -0.2) is 33.7 Å². The summed E-state index contributed by atoms with van der Waals surface area (Å²) in [6.07, 6.45) is 2.81. The molecule has 3 rings (SSSR count). The number of nitrogens with zero attached hydrogens (tertiary/aromatic N) is 1. The standard InChI is InChI=1S/C21H26N2O4S/c1-16-6-9-18(15-20(16)23-13-4-3-5-21(23)24)22-28(25,26)14-12-17-7-10-19(27-2)11-8-17/h6-11,15,22H,3-5,12-14H2,1-2H3. The molecule has 1 amide bonds. The van der Waals surface area contributed by atoms with Crippen molar-refractivity contribution >= 4 is 27.3 Å². The lowest BCUT2D eigenvalue weighted by atomic mass is 10.1. The summed E-state index contributed by atoms with van der Waals surface area (Å²) >= 11 is 0. The van der Waals surface area contributed by atoms with Crippen LogP contribution in [0.4, 0.5) is 11.4 Å². The highest BCUT2D eigenvalue weighted by atomic mass is 32.2. The third kappa shape index (κ3) is 5.04. The second-order valence-corrected chi connectivity index (χ2v) is 8.86. The Morgan fingerprint density at radius 3 is 2.54 bits per heavy atom. The molecular weight excluding hydrogens is 376 g/mol. The van der Waals surface area contributed by atoms with E-state index >= 15 is 0 Å². The molecule has 1 aliphatic heterocycles. The van der Waals surface area contributed by atoms with E-state index in [1.165, 1.54) is 0 Å². The summed E-state index contributed by atoms with van der Waals surface area (Å²) in [5.74, 6) is 0.809. The van der Waals surface area contributed by atoms with E-state index < -0.39 is 10.0 Å². The molecule has 1 fully saturated rings. The van der Waals surface area contributed by atoms with Crippen LogP contribution >= 0.6 is 0 Å². The van der Waals surface area contributed by atoms with Gasteiger partial charge in [-0.2, -0.15) is 0 Å². The first kappa shape index (κ1) is 20.2. The molecule has 0 bridgehead atoms. The molecule has 0 atom stereocenters. The third-order valence-corrected chi connectivity index (χ3v) is 6.20. The number of amides is 1. The minimum absolute atomic E-state index is 0.0226. The lowest BCUT2D eigenvalue weighted by Crippen LogP contribution is -2.35. The number of rotatable bonds is 7. The van der Waals surface area contributed by atoms with Crippen molar-refractivity contribution in [3.8, 4) is 5.75 Å². The molecule has 7 heteroatoms. The molecule has 1 aliphatic rings. The number of benzene rings is 2. The molecule has 0 saturated carbocycles. The van der Waals surface area contributed by atoms with Crippen molar-refractivity contribution in [3.05, 3.63) is 53.6 Å². The Morgan fingerprint density at radius 2 is 1.86 bits per heavy atom. The summed E-state index contributed by atoms with van der Waals surface area (Å²) < 4.78 is 32.8. The fourth-order valence-electron chi connectivity index (χ4n) is 3.30. The average molecular weight is 403 g/mol. The Bertz CT molecular complexity index is 939. The molecule has 0 unspecified atom stereocenters. The number of hydrogen-bond acceptors (Lipinski definition) is 4. The maximum absolute atomic E-state index is 12.5. The fraction of sp³-hybridized carbons (Fsp3) is 0.381. The van der Waals surface area contributed by atoms with Gasteiger partial charge in [-0.15, -0.1) is 0 Å². The maximum atomic E-state index is 12.5. The van der Waals surface area contributed by atoms with Crippen LogP contribution in [0.15, 0.2) is 42.5 Å². The van der Waals surface area contributed by atoms with Gasteiger partial charge in [-0.1, -0.05) is 18.2 Å². The highest BCUT2D eigenvalue weighted by Gasteiger charge is 2.22. The Morgan fingerprint density at radius 1 is 1.11 bits per heavy atom. The zero-order valence-corrected chi connectivity index (χ0v) is 17.1. The van der Waals surface area contributed by atoms with Crippen LogP contribution in [-0.2, 0) is 21.2 Å². The predicted octanol–water partition coefficient (Wildman–Crippen LogP) is 3.50. The number of carbonyl (C=O) groups is 1. The van der Waals surface area contributed by atoms with Crippen molar-refractivity contribution < 1.29 is 17.9 Å². The number of nitrogens with one attached hydrogen (secondary N) is 1. The van der Waals surface area contributed by atoms with Gasteiger partial charge in [-0.25, -0.2) is 8.42 Å². The quantitative estimate of drug-likeness (QED) is 0.769. The molecule has 0 aromatic heterocycles. The lowest BCUT2D eigenvalue weighted by molar-refractivity contribution is -0.119. The van der Waals surface area contributed by atoms with E-state index in [1.54, 1.807) is 24.1 Å². The van der Waals surface area contributed by atoms with Crippen LogP contribution in [0.1, 0.15) is 30.4 Å². The molecule has 2 aromatic carbocycles. The monoisotopic (exact) mass is 402 g/mol. The van der Waals surface area contributed by atoms with Gasteiger partial charge in [0.15, 0.2) is 0 Å². The van der Waals surface area contributed by atoms with Crippen molar-refractivity contribution in [2.45, 2.75) is 32.6 Å². The van der Waals surface area contributed by atoms with Gasteiger partial charge in [0, 0.05) is 18.7 Å². The van der Waals surface area contributed by atoms with Crippen LogP contribution < -0.4 is 14.4 Å². The fourth-order valence-corrected chi connectivity index (χ4v) is 4.39. The van der Waals surface area contributed by atoms with Gasteiger partial charge >= 0.3 is 0 Å². The van der Waals surface area contributed by atoms with Crippen molar-refractivity contribution in [3.63, 3.8) is 0 Å². The van der Waals surface area contributed by atoms with Gasteiger partial charge in [0.25, 0.3) is 0 Å². The number of ether oxygens (including phenoxy) is 1. The van der Waals surface area contributed by atoms with Gasteiger partial charge < -0.3 is 9.64 Å². The van der Waals surface area contributed by atoms with Crippen LogP contribution in [0.5, 0.6) is 5.75 Å². The molecular formula is C21H26N2O4S. The number of hydrogen-bond donors (Lipinski definition) is 1. The number of carbonyl (C=O) groups excluding carboxylic acids is 1. The first-order chi connectivity index (χ1) is 13.4. The van der Waals surface area contributed by atoms with E-state index in [-0.39, 0.29) is 11.7 Å². The van der Waals surface area contributed by atoms with Crippen LogP contribution in [0, 0.1) is 6.92 Å². The summed E-state index contributed by atoms with van der Waals surface area (Å²) in [6, 6.07) is 12.7. The number of methoxy groups -OCH3 is 1. The summed E-state index contributed by atoms with van der Waals surface area (Å²) in [4.78, 5) is 14.0. The SMILES string of the molecule is COc1ccc(CCS(=O)(=O)Nc2ccc(C)c(N3CCCCC3=O)c2)cc1. The molecule has 0 aliphatic carbocycles. The molecule has 1 N–H and O–H groups in total. The topological polar surface area (TPSA) is 75.7 Å². The van der Waals surface area contributed by atoms with Crippen molar-refractivity contribution in [1.29, 1.82) is 0 Å². The Kier molecular flexibility index (Phi) is 6.24. The second kappa shape index (κ2) is 8.65. The van der Waals surface area contributed by atoms with Gasteiger partial charge in [-0.05, 0) is 61.6 Å². The van der Waals surface area contributed by atoms with E-state index in [1.807, 2.05) is 37.3 Å². The van der Waals surface area contributed by atoms with Crippen LogP contribution in [0.2, 0.25) is 0 Å². The Hall–Kier alpha value is -2.54. The zero-order valence-electron chi connectivity index (χ0n) is 16.3. The Labute approximate surface area is 166 Å². The van der Waals surface area contributed by atoms with E-state index in [4.69, 9.17) is 4.74 Å². The normalized spacial score (nSPS) is 14.8. The largest absolute Gasteiger partial charge is 0.497 e. The molecule has 0 radical (unpaired) electrons. The minimum Gasteiger partial charge on any atom is -0.497 e. The van der Waals surface area contributed by atoms with Crippen LogP contribution in [0.25, 0.3) is 0 Å². The first-order valence-electron chi connectivity index (χ1n) is 9.42. The maximum Gasteiger partial charge on any atom is 0.233 e. The van der Waals surface area contributed by atoms with E-state index in [9.17, 15) is 13.2 Å². The average Bonchev–Trinajstić information content (AvgIpc) is 2.69. The van der Waals surface area contributed by atoms with Gasteiger partial charge in [0.1, 0.15) is 5.75 Å². The second-order valence-electron chi connectivity index (χ2n) is 7.02. The third-order valence-electron chi connectivity index (χ3n) is 4.92. The Balaban J connectivity index is 1.69. The number of piperidine rings is 1. The molecule has 2 aromatic rings. The van der Waals surface area contributed by atoms with E-state index in [0.29, 0.717) is 25.1 Å². The molecule has 1 saturated heterocycles. The van der Waals surface area contributed by atoms with Gasteiger partial charge in [0.2, 0.25) is 15.9 Å². The molecule has 1 heterocycles. The molecule has 150 valence electrons. The highest BCUT2D eigenvalue weighted by molar-refractivity contribution is 7.92. The van der Waals surface area contributed by atoms with Gasteiger partial charge in [-0.3, -0.25) is 9.52 Å². The zero-order chi connectivity index (χ0) is 20.1. The number of anilines is 2. The molecule has 28 heavy (non-hydrogen) atoms. The summed E-state index contributed by atoms with van der Waals surface area (Å²) in [5, 5.41) is 0. The molecule has 6 nitrogen and oxygen atoms in total. The summed E-state index contributed by atoms with van der Waals surface area (Å²) in [5.41, 5.74) is 3.14. The first-order valence-corrected chi connectivity index (χ1v) is 11.1. The van der Waals surface area contributed by atoms with Crippen molar-refractivity contribution in [2.75, 3.05) is 29.0 Å². The number of aryl methyl sites for hydroxylation is 2. The van der Waals surface area contributed by atoms with Crippen molar-refractivity contribution in [1.82, 2.24) is 0 Å². The lowest BCUT2D eigenvalue weighted by Gasteiger charge is -2.28. The van der Waals surface area contributed by atoms with E-state index in [2.05, 4.69) is 4.72 Å². The van der Waals surface area contributed by atoms with E-state index in [0.717, 1.165) is 35.4 Å². The predicted molar refractivity (Wildman–Crippen MR) is 111 cm³/mol. The summed E-state index contributed by atoms with van der Waals surface area (Å²) in [6.45, 7) is 2.60. The highest BCUT2D eigenvalue weighted by Crippen LogP contribution is 2.28. The molecule has 0 spiro atoms. The number of sulfonamides is 1. The van der Waals surface area contributed by atoms with Gasteiger partial charge in [0.05, 0.1) is 18.6 Å². The van der Waals surface area contributed by atoms with Crippen LogP contribution in [0.3, 0.4) is 0 Å². The minimum atomic E-state index is -3.51. The smallest absolute Gasteiger partial charge is 0.233 e. The van der Waals surface area contributed by atoms with Crippen molar-refractivity contribution in [2.24, 2.45) is 0 Å². The summed E-state index contributed by atoms with van der Waals surface area (Å²) in [7, 11) is -1.91.